The molecule has 0 spiro atoms. The van der Waals surface area contributed by atoms with E-state index in [2.05, 4.69) is 33.0 Å². The molecule has 0 unspecified atom stereocenters. The van der Waals surface area contributed by atoms with Crippen molar-refractivity contribution in [3.05, 3.63) is 69.4 Å². The summed E-state index contributed by atoms with van der Waals surface area (Å²) in [5.41, 5.74) is 8.43. The Bertz CT molecular complexity index is 586. The molecule has 0 aliphatic heterocycles. The smallest absolute Gasteiger partial charge is 0.127 e. The third-order valence-electron chi connectivity index (χ3n) is 3.13. The summed E-state index contributed by atoms with van der Waals surface area (Å²) in [6.45, 7) is 1.76. The van der Waals surface area contributed by atoms with Crippen LogP contribution in [0.1, 0.15) is 16.7 Å². The van der Waals surface area contributed by atoms with Crippen molar-refractivity contribution in [3.63, 3.8) is 0 Å². The third-order valence-corrected chi connectivity index (χ3v) is 3.62. The van der Waals surface area contributed by atoms with E-state index in [4.69, 9.17) is 5.73 Å². The summed E-state index contributed by atoms with van der Waals surface area (Å²) >= 11 is 3.46. The lowest BCUT2D eigenvalue weighted by Crippen LogP contribution is -2.18. The molecule has 2 nitrogen and oxygen atoms in total. The Kier molecular flexibility index (Phi) is 5.29. The van der Waals surface area contributed by atoms with E-state index < -0.39 is 0 Å². The molecule has 0 aliphatic rings. The van der Waals surface area contributed by atoms with Crippen molar-refractivity contribution in [2.24, 2.45) is 5.73 Å². The Balaban J connectivity index is 2.06. The highest BCUT2D eigenvalue weighted by molar-refractivity contribution is 9.10. The molecular weight excluding hydrogens is 319 g/mol. The second-order valence-corrected chi connectivity index (χ2v) is 5.85. The van der Waals surface area contributed by atoms with Crippen molar-refractivity contribution < 1.29 is 4.39 Å². The van der Waals surface area contributed by atoms with Crippen LogP contribution in [0.25, 0.3) is 0 Å². The van der Waals surface area contributed by atoms with Crippen LogP contribution in [-0.2, 0) is 19.6 Å². The van der Waals surface area contributed by atoms with Crippen LogP contribution in [0.5, 0.6) is 0 Å². The largest absolute Gasteiger partial charge is 0.326 e. The predicted molar refractivity (Wildman–Crippen MR) is 83.6 cm³/mol. The monoisotopic (exact) mass is 336 g/mol. The average molecular weight is 337 g/mol. The fraction of sp³-hybridized carbons (Fsp3) is 0.250. The van der Waals surface area contributed by atoms with Gasteiger partial charge in [0.2, 0.25) is 0 Å². The molecule has 0 aromatic heterocycles. The molecular formula is C16H18BrFN2. The van der Waals surface area contributed by atoms with E-state index in [1.54, 1.807) is 6.07 Å². The van der Waals surface area contributed by atoms with Gasteiger partial charge in [-0.1, -0.05) is 40.2 Å². The van der Waals surface area contributed by atoms with E-state index in [1.165, 1.54) is 11.6 Å². The van der Waals surface area contributed by atoms with Crippen LogP contribution in [0.15, 0.2) is 46.9 Å². The van der Waals surface area contributed by atoms with Gasteiger partial charge < -0.3 is 5.73 Å². The van der Waals surface area contributed by atoms with Gasteiger partial charge in [-0.3, -0.25) is 4.90 Å². The maximum atomic E-state index is 13.8. The molecule has 0 atom stereocenters. The lowest BCUT2D eigenvalue weighted by atomic mass is 10.1. The molecule has 0 radical (unpaired) electrons. The molecule has 2 rings (SSSR count). The maximum Gasteiger partial charge on any atom is 0.127 e. The van der Waals surface area contributed by atoms with Gasteiger partial charge in [-0.15, -0.1) is 0 Å². The summed E-state index contributed by atoms with van der Waals surface area (Å²) in [4.78, 5) is 2.08. The van der Waals surface area contributed by atoms with Crippen molar-refractivity contribution in [2.75, 3.05) is 7.05 Å². The second kappa shape index (κ2) is 6.97. The molecule has 2 aromatic rings. The van der Waals surface area contributed by atoms with Crippen LogP contribution in [0.2, 0.25) is 0 Å². The Labute approximate surface area is 127 Å². The number of rotatable bonds is 5. The second-order valence-electron chi connectivity index (χ2n) is 4.93. The number of hydrogen-bond donors (Lipinski definition) is 1. The van der Waals surface area contributed by atoms with Crippen LogP contribution < -0.4 is 5.73 Å². The zero-order valence-electron chi connectivity index (χ0n) is 11.4. The van der Waals surface area contributed by atoms with E-state index in [0.29, 0.717) is 18.7 Å². The summed E-state index contributed by atoms with van der Waals surface area (Å²) in [6, 6.07) is 13.2. The fourth-order valence-electron chi connectivity index (χ4n) is 2.17. The van der Waals surface area contributed by atoms with Gasteiger partial charge in [0.15, 0.2) is 0 Å². The van der Waals surface area contributed by atoms with Crippen molar-refractivity contribution in [3.8, 4) is 0 Å². The molecule has 106 valence electrons. The highest BCUT2D eigenvalue weighted by Gasteiger charge is 2.07. The van der Waals surface area contributed by atoms with Crippen LogP contribution in [0.3, 0.4) is 0 Å². The van der Waals surface area contributed by atoms with Crippen LogP contribution in [-0.4, -0.2) is 11.9 Å². The first kappa shape index (κ1) is 15.2. The molecule has 0 bridgehead atoms. The Morgan fingerprint density at radius 3 is 2.60 bits per heavy atom. The number of nitrogens with zero attached hydrogens (tertiary/aromatic N) is 1. The molecule has 0 aliphatic carbocycles. The standard InChI is InChI=1S/C16H18BrFN2/c1-20(10-13-3-2-4-15(17)8-13)11-14-7-12(9-19)5-6-16(14)18/h2-8H,9-11,19H2,1H3. The van der Waals surface area contributed by atoms with Crippen LogP contribution in [0.4, 0.5) is 4.39 Å². The van der Waals surface area contributed by atoms with E-state index in [0.717, 1.165) is 16.6 Å². The van der Waals surface area contributed by atoms with E-state index in [1.807, 2.05) is 25.2 Å². The lowest BCUT2D eigenvalue weighted by molar-refractivity contribution is 0.313. The zero-order valence-corrected chi connectivity index (χ0v) is 13.0. The predicted octanol–water partition coefficient (Wildman–Crippen LogP) is 3.68. The quantitative estimate of drug-likeness (QED) is 0.902. The Morgan fingerprint density at radius 1 is 1.10 bits per heavy atom. The number of benzene rings is 2. The van der Waals surface area contributed by atoms with Gasteiger partial charge in [0, 0.05) is 29.7 Å². The molecule has 0 amide bonds. The molecule has 4 heteroatoms. The minimum atomic E-state index is -0.178. The molecule has 2 aromatic carbocycles. The lowest BCUT2D eigenvalue weighted by Gasteiger charge is -2.18. The highest BCUT2D eigenvalue weighted by Crippen LogP contribution is 2.16. The summed E-state index contributed by atoms with van der Waals surface area (Å²) < 4.78 is 14.8. The minimum absolute atomic E-state index is 0.178. The molecule has 0 saturated heterocycles. The van der Waals surface area contributed by atoms with E-state index in [9.17, 15) is 4.39 Å². The minimum Gasteiger partial charge on any atom is -0.326 e. The van der Waals surface area contributed by atoms with Gasteiger partial charge in [-0.25, -0.2) is 4.39 Å². The Morgan fingerprint density at radius 2 is 1.90 bits per heavy atom. The number of halogens is 2. The van der Waals surface area contributed by atoms with Gasteiger partial charge >= 0.3 is 0 Å². The third kappa shape index (κ3) is 4.13. The highest BCUT2D eigenvalue weighted by atomic mass is 79.9. The summed E-state index contributed by atoms with van der Waals surface area (Å²) in [5, 5.41) is 0. The first-order valence-corrected chi connectivity index (χ1v) is 7.28. The summed E-state index contributed by atoms with van der Waals surface area (Å²) in [7, 11) is 1.98. The molecule has 20 heavy (non-hydrogen) atoms. The van der Waals surface area contributed by atoms with Crippen LogP contribution >= 0.6 is 15.9 Å². The van der Waals surface area contributed by atoms with Gasteiger partial charge in [0.25, 0.3) is 0 Å². The molecule has 2 N–H and O–H groups in total. The summed E-state index contributed by atoms with van der Waals surface area (Å²) in [5.74, 6) is -0.178. The number of nitrogens with two attached hydrogens (primary N) is 1. The van der Waals surface area contributed by atoms with Gasteiger partial charge in [-0.2, -0.15) is 0 Å². The first-order valence-electron chi connectivity index (χ1n) is 6.49. The van der Waals surface area contributed by atoms with Crippen molar-refractivity contribution in [2.45, 2.75) is 19.6 Å². The molecule has 0 fully saturated rings. The summed E-state index contributed by atoms with van der Waals surface area (Å²) in [6.07, 6.45) is 0. The first-order chi connectivity index (χ1) is 9.58. The van der Waals surface area contributed by atoms with Crippen LogP contribution in [0, 0.1) is 5.82 Å². The van der Waals surface area contributed by atoms with E-state index >= 15 is 0 Å². The van der Waals surface area contributed by atoms with E-state index in [-0.39, 0.29) is 5.82 Å². The maximum absolute atomic E-state index is 13.8. The molecule has 0 heterocycles. The SMILES string of the molecule is CN(Cc1cccc(Br)c1)Cc1cc(CN)ccc1F. The van der Waals surface area contributed by atoms with Crippen molar-refractivity contribution in [1.82, 2.24) is 4.90 Å². The number of hydrogen-bond acceptors (Lipinski definition) is 2. The van der Waals surface area contributed by atoms with Crippen molar-refractivity contribution in [1.29, 1.82) is 0 Å². The molecule has 0 saturated carbocycles. The Hall–Kier alpha value is -1.23. The van der Waals surface area contributed by atoms with Crippen molar-refractivity contribution >= 4 is 15.9 Å². The normalized spacial score (nSPS) is 11.1. The fourth-order valence-corrected chi connectivity index (χ4v) is 2.62. The zero-order chi connectivity index (χ0) is 14.5. The van der Waals surface area contributed by atoms with Gasteiger partial charge in [0.05, 0.1) is 0 Å². The topological polar surface area (TPSA) is 29.3 Å². The van der Waals surface area contributed by atoms with Gasteiger partial charge in [0.1, 0.15) is 5.82 Å². The van der Waals surface area contributed by atoms with Gasteiger partial charge in [-0.05, 0) is 36.4 Å². The average Bonchev–Trinajstić information content (AvgIpc) is 2.41.